The molecular formula is C45H46F2N4O5. The van der Waals surface area contributed by atoms with Crippen LogP contribution in [0.3, 0.4) is 0 Å². The second kappa shape index (κ2) is 15.9. The highest BCUT2D eigenvalue weighted by Gasteiger charge is 2.44. The molecule has 9 nitrogen and oxygen atoms in total. The summed E-state index contributed by atoms with van der Waals surface area (Å²) in [6, 6.07) is 21.8. The molecule has 3 aliphatic heterocycles. The topological polar surface area (TPSA) is 102 Å². The average Bonchev–Trinajstić information content (AvgIpc) is 3.44. The third-order valence-corrected chi connectivity index (χ3v) is 11.9. The lowest BCUT2D eigenvalue weighted by Crippen LogP contribution is -2.51. The molecule has 4 aliphatic rings. The SMILES string of the molecule is C=C1CCC(N2C(=O)c3ccc(N4CCN(CCCCCOc5ccc([C@@H]6c7ccc(O)cc7CC[C@@H]6c6ccc(F)cc6F)cc5)CC4)cc3C2=O)C(=O)N1. The van der Waals surface area contributed by atoms with Crippen LogP contribution in [0, 0.1) is 11.6 Å². The van der Waals surface area contributed by atoms with Crippen LogP contribution in [-0.4, -0.2) is 78.0 Å². The number of carbonyl (C=O) groups is 3. The number of fused-ring (bicyclic) bond motifs is 2. The highest BCUT2D eigenvalue weighted by molar-refractivity contribution is 6.23. The molecule has 3 heterocycles. The standard InChI is InChI=1S/C45H46F2N4O5/c1-28-5-18-41(43(53)48-28)51-44(54)38-16-10-32(27-39(38)45(51)55)50-22-20-49(21-23-50)19-3-2-4-24-56-34-12-6-29(7-13-34)42-35-17-11-33(52)25-30(35)8-14-37(42)36-15-9-31(46)26-40(36)47/h6-7,9-13,15-17,25-27,37,41-42,52H,1-5,8,14,18-24H2,(H,48,53)/t37-,41?,42-/m1/s1. The maximum absolute atomic E-state index is 15.0. The number of hydrogen-bond acceptors (Lipinski definition) is 7. The Kier molecular flexibility index (Phi) is 10.6. The lowest BCUT2D eigenvalue weighted by molar-refractivity contribution is -0.125. The zero-order valence-corrected chi connectivity index (χ0v) is 31.3. The van der Waals surface area contributed by atoms with Crippen molar-refractivity contribution in [1.82, 2.24) is 15.1 Å². The Morgan fingerprint density at radius 3 is 2.32 bits per heavy atom. The molecule has 8 rings (SSSR count). The molecule has 4 aromatic carbocycles. The molecule has 1 unspecified atom stereocenters. The number of piperazine rings is 1. The molecule has 0 radical (unpaired) electrons. The number of amides is 3. The van der Waals surface area contributed by atoms with E-state index in [0.29, 0.717) is 54.7 Å². The Labute approximate surface area is 325 Å². The average molecular weight is 761 g/mol. The summed E-state index contributed by atoms with van der Waals surface area (Å²) in [5.41, 5.74) is 5.81. The van der Waals surface area contributed by atoms with E-state index in [0.717, 1.165) is 91.1 Å². The van der Waals surface area contributed by atoms with E-state index in [-0.39, 0.29) is 23.5 Å². The predicted molar refractivity (Wildman–Crippen MR) is 209 cm³/mol. The number of allylic oxidation sites excluding steroid dienone is 1. The monoisotopic (exact) mass is 760 g/mol. The van der Waals surface area contributed by atoms with E-state index in [2.05, 4.69) is 21.7 Å². The first kappa shape index (κ1) is 37.4. The number of aromatic hydroxyl groups is 1. The summed E-state index contributed by atoms with van der Waals surface area (Å²) >= 11 is 0. The second-order valence-corrected chi connectivity index (χ2v) is 15.3. The van der Waals surface area contributed by atoms with Crippen LogP contribution in [0.2, 0.25) is 0 Å². The molecule has 290 valence electrons. The summed E-state index contributed by atoms with van der Waals surface area (Å²) in [7, 11) is 0. The number of rotatable bonds is 11. The summed E-state index contributed by atoms with van der Waals surface area (Å²) in [6.07, 6.45) is 5.28. The quantitative estimate of drug-likeness (QED) is 0.122. The summed E-state index contributed by atoms with van der Waals surface area (Å²) in [6.45, 7) is 8.79. The maximum Gasteiger partial charge on any atom is 0.262 e. The fourth-order valence-corrected chi connectivity index (χ4v) is 8.90. The van der Waals surface area contributed by atoms with E-state index in [4.69, 9.17) is 4.74 Å². The van der Waals surface area contributed by atoms with Gasteiger partial charge >= 0.3 is 0 Å². The summed E-state index contributed by atoms with van der Waals surface area (Å²) in [5, 5.41) is 12.8. The van der Waals surface area contributed by atoms with E-state index < -0.39 is 29.5 Å². The molecule has 3 atom stereocenters. The molecule has 56 heavy (non-hydrogen) atoms. The first-order valence-corrected chi connectivity index (χ1v) is 19.6. The molecule has 11 heteroatoms. The molecule has 3 amide bonds. The predicted octanol–water partition coefficient (Wildman–Crippen LogP) is 7.29. The first-order chi connectivity index (χ1) is 27.1. The minimum Gasteiger partial charge on any atom is -0.508 e. The van der Waals surface area contributed by atoms with E-state index in [1.54, 1.807) is 30.3 Å². The van der Waals surface area contributed by atoms with Crippen molar-refractivity contribution < 1.29 is 33.0 Å². The largest absolute Gasteiger partial charge is 0.508 e. The van der Waals surface area contributed by atoms with Gasteiger partial charge in [-0.2, -0.15) is 0 Å². The van der Waals surface area contributed by atoms with Crippen LogP contribution in [0.1, 0.15) is 93.3 Å². The van der Waals surface area contributed by atoms with Crippen LogP contribution in [-0.2, 0) is 11.2 Å². The van der Waals surface area contributed by atoms with Crippen LogP contribution < -0.4 is 15.0 Å². The minimum atomic E-state index is -0.820. The van der Waals surface area contributed by atoms with Gasteiger partial charge in [0.2, 0.25) is 5.91 Å². The van der Waals surface area contributed by atoms with Gasteiger partial charge in [0.05, 0.1) is 17.7 Å². The van der Waals surface area contributed by atoms with Crippen molar-refractivity contribution >= 4 is 23.4 Å². The van der Waals surface area contributed by atoms with Crippen molar-refractivity contribution in [2.45, 2.75) is 62.8 Å². The first-order valence-electron chi connectivity index (χ1n) is 19.6. The Morgan fingerprint density at radius 2 is 1.55 bits per heavy atom. The number of unbranched alkanes of at least 4 members (excludes halogenated alkanes) is 2. The maximum atomic E-state index is 15.0. The minimum absolute atomic E-state index is 0.150. The molecular weight excluding hydrogens is 715 g/mol. The van der Waals surface area contributed by atoms with Crippen molar-refractivity contribution in [2.24, 2.45) is 0 Å². The smallest absolute Gasteiger partial charge is 0.262 e. The van der Waals surface area contributed by atoms with Crippen molar-refractivity contribution in [3.05, 3.63) is 136 Å². The number of ether oxygens (including phenoxy) is 1. The van der Waals surface area contributed by atoms with Crippen LogP contribution in [0.5, 0.6) is 11.5 Å². The van der Waals surface area contributed by atoms with Crippen LogP contribution in [0.15, 0.2) is 91.1 Å². The normalized spacial score (nSPS) is 21.2. The van der Waals surface area contributed by atoms with Gasteiger partial charge in [0.15, 0.2) is 0 Å². The van der Waals surface area contributed by atoms with Gasteiger partial charge in [-0.15, -0.1) is 0 Å². The zero-order valence-electron chi connectivity index (χ0n) is 31.3. The van der Waals surface area contributed by atoms with Crippen molar-refractivity contribution in [2.75, 3.05) is 44.2 Å². The highest BCUT2D eigenvalue weighted by atomic mass is 19.1. The molecule has 0 bridgehead atoms. The van der Waals surface area contributed by atoms with Crippen molar-refractivity contribution in [3.8, 4) is 11.5 Å². The zero-order chi connectivity index (χ0) is 38.9. The number of aryl methyl sites for hydroxylation is 1. The number of phenols is 1. The number of halogens is 2. The summed E-state index contributed by atoms with van der Waals surface area (Å²) < 4.78 is 34.9. The molecule has 0 saturated carbocycles. The second-order valence-electron chi connectivity index (χ2n) is 15.3. The Balaban J connectivity index is 0.793. The number of phenolic OH excluding ortho intramolecular Hbond substituents is 1. The van der Waals surface area contributed by atoms with Crippen molar-refractivity contribution in [1.29, 1.82) is 0 Å². The van der Waals surface area contributed by atoms with Gasteiger partial charge in [-0.3, -0.25) is 24.2 Å². The van der Waals surface area contributed by atoms with Gasteiger partial charge in [0, 0.05) is 49.5 Å². The fourth-order valence-electron chi connectivity index (χ4n) is 8.90. The Morgan fingerprint density at radius 1 is 0.786 bits per heavy atom. The Bertz CT molecular complexity index is 2170. The number of hydrogen-bond donors (Lipinski definition) is 2. The molecule has 4 aromatic rings. The molecule has 2 N–H and O–H groups in total. The number of piperidine rings is 1. The van der Waals surface area contributed by atoms with Gasteiger partial charge in [0.1, 0.15) is 29.2 Å². The number of benzene rings is 4. The molecule has 0 spiro atoms. The number of anilines is 1. The molecule has 2 saturated heterocycles. The lowest BCUT2D eigenvalue weighted by Gasteiger charge is -2.36. The van der Waals surface area contributed by atoms with E-state index in [1.165, 1.54) is 6.07 Å². The third kappa shape index (κ3) is 7.52. The van der Waals surface area contributed by atoms with Gasteiger partial charge < -0.3 is 20.1 Å². The van der Waals surface area contributed by atoms with E-state index >= 15 is 4.39 Å². The van der Waals surface area contributed by atoms with Crippen LogP contribution in [0.25, 0.3) is 0 Å². The van der Waals surface area contributed by atoms with Crippen molar-refractivity contribution in [3.63, 3.8) is 0 Å². The summed E-state index contributed by atoms with van der Waals surface area (Å²) in [4.78, 5) is 44.8. The number of nitrogens with one attached hydrogen (secondary N) is 1. The number of imide groups is 1. The lowest BCUT2D eigenvalue weighted by atomic mass is 9.69. The Hall–Kier alpha value is -5.55. The van der Waals surface area contributed by atoms with E-state index in [1.807, 2.05) is 36.4 Å². The highest BCUT2D eigenvalue weighted by Crippen LogP contribution is 2.48. The van der Waals surface area contributed by atoms with Gasteiger partial charge in [-0.1, -0.05) is 30.8 Å². The van der Waals surface area contributed by atoms with Gasteiger partial charge in [-0.05, 0) is 128 Å². The van der Waals surface area contributed by atoms with Crippen LogP contribution in [0.4, 0.5) is 14.5 Å². The fraction of sp³-hybridized carbons (Fsp3) is 0.356. The number of nitrogens with zero attached hydrogens (tertiary/aromatic N) is 3. The number of carbonyl (C=O) groups excluding carboxylic acids is 3. The van der Waals surface area contributed by atoms with E-state index in [9.17, 15) is 23.9 Å². The molecule has 2 fully saturated rings. The van der Waals surface area contributed by atoms with Crippen LogP contribution >= 0.6 is 0 Å². The molecule has 1 aliphatic carbocycles. The van der Waals surface area contributed by atoms with Gasteiger partial charge in [0.25, 0.3) is 11.8 Å². The third-order valence-electron chi connectivity index (χ3n) is 11.9. The summed E-state index contributed by atoms with van der Waals surface area (Å²) in [5.74, 6) is -1.67. The molecule has 0 aromatic heterocycles. The van der Waals surface area contributed by atoms with Gasteiger partial charge in [-0.25, -0.2) is 8.78 Å².